The summed E-state index contributed by atoms with van der Waals surface area (Å²) in [4.78, 5) is 51.2. The first-order valence-electron chi connectivity index (χ1n) is 10.0. The molecule has 8 heteroatoms. The van der Waals surface area contributed by atoms with Crippen LogP contribution in [0.15, 0.2) is 48.5 Å². The van der Waals surface area contributed by atoms with Gasteiger partial charge in [-0.3, -0.25) is 14.4 Å². The summed E-state index contributed by atoms with van der Waals surface area (Å²) in [6.45, 7) is 1.98. The van der Waals surface area contributed by atoms with Crippen molar-refractivity contribution in [1.82, 2.24) is 4.90 Å². The van der Waals surface area contributed by atoms with E-state index < -0.39 is 18.5 Å². The van der Waals surface area contributed by atoms with E-state index in [4.69, 9.17) is 4.74 Å². The van der Waals surface area contributed by atoms with Crippen LogP contribution in [0.25, 0.3) is 0 Å². The van der Waals surface area contributed by atoms with Crippen LogP contribution < -0.4 is 10.2 Å². The molecule has 1 aliphatic rings. The van der Waals surface area contributed by atoms with Crippen molar-refractivity contribution in [1.29, 1.82) is 0 Å². The molecule has 31 heavy (non-hydrogen) atoms. The predicted molar refractivity (Wildman–Crippen MR) is 116 cm³/mol. The minimum atomic E-state index is -0.648. The highest BCUT2D eigenvalue weighted by Crippen LogP contribution is 2.21. The van der Waals surface area contributed by atoms with E-state index in [1.54, 1.807) is 41.3 Å². The van der Waals surface area contributed by atoms with E-state index in [1.165, 1.54) is 11.9 Å². The maximum atomic E-state index is 12.2. The van der Waals surface area contributed by atoms with Gasteiger partial charge in [-0.05, 0) is 49.7 Å². The molecule has 1 heterocycles. The number of esters is 1. The molecule has 8 nitrogen and oxygen atoms in total. The first-order valence-corrected chi connectivity index (χ1v) is 10.0. The van der Waals surface area contributed by atoms with E-state index in [-0.39, 0.29) is 23.9 Å². The van der Waals surface area contributed by atoms with E-state index in [9.17, 15) is 19.2 Å². The van der Waals surface area contributed by atoms with Crippen LogP contribution in [-0.2, 0) is 19.1 Å². The summed E-state index contributed by atoms with van der Waals surface area (Å²) in [5.41, 5.74) is 2.73. The molecule has 1 N–H and O–H groups in total. The van der Waals surface area contributed by atoms with Gasteiger partial charge >= 0.3 is 5.97 Å². The largest absolute Gasteiger partial charge is 0.452 e. The number of carbonyl (C=O) groups is 4. The SMILES string of the molecule is Cc1ccc(NC(=O)CN(C)C(=O)COC(=O)c2ccc(N3CCCC3=O)cc2)cc1. The number of hydrogen-bond donors (Lipinski definition) is 1. The van der Waals surface area contributed by atoms with Crippen LogP contribution in [-0.4, -0.2) is 55.3 Å². The number of benzene rings is 2. The third-order valence-corrected chi connectivity index (χ3v) is 4.96. The van der Waals surface area contributed by atoms with Gasteiger partial charge in [-0.1, -0.05) is 17.7 Å². The minimum absolute atomic E-state index is 0.0652. The molecule has 2 aromatic carbocycles. The van der Waals surface area contributed by atoms with Crippen molar-refractivity contribution in [3.05, 3.63) is 59.7 Å². The van der Waals surface area contributed by atoms with Gasteiger partial charge in [0.25, 0.3) is 5.91 Å². The third kappa shape index (κ3) is 5.91. The third-order valence-electron chi connectivity index (χ3n) is 4.96. The Kier molecular flexibility index (Phi) is 7.02. The van der Waals surface area contributed by atoms with Crippen molar-refractivity contribution in [2.24, 2.45) is 0 Å². The maximum Gasteiger partial charge on any atom is 0.338 e. The van der Waals surface area contributed by atoms with Gasteiger partial charge in [-0.15, -0.1) is 0 Å². The molecule has 0 saturated carbocycles. The second-order valence-electron chi connectivity index (χ2n) is 7.44. The van der Waals surface area contributed by atoms with Gasteiger partial charge in [0.15, 0.2) is 6.61 Å². The molecular formula is C23H25N3O5. The van der Waals surface area contributed by atoms with Crippen molar-refractivity contribution >= 4 is 35.1 Å². The van der Waals surface area contributed by atoms with Crippen LogP contribution in [0, 0.1) is 6.92 Å². The molecule has 0 radical (unpaired) electrons. The smallest absolute Gasteiger partial charge is 0.338 e. The zero-order valence-corrected chi connectivity index (χ0v) is 17.6. The molecule has 1 fully saturated rings. The molecule has 0 atom stereocenters. The zero-order chi connectivity index (χ0) is 22.4. The number of hydrogen-bond acceptors (Lipinski definition) is 5. The summed E-state index contributed by atoms with van der Waals surface area (Å²) < 4.78 is 5.07. The highest BCUT2D eigenvalue weighted by molar-refractivity contribution is 5.97. The lowest BCUT2D eigenvalue weighted by Crippen LogP contribution is -2.37. The monoisotopic (exact) mass is 423 g/mol. The van der Waals surface area contributed by atoms with Crippen molar-refractivity contribution < 1.29 is 23.9 Å². The van der Waals surface area contributed by atoms with Crippen LogP contribution in [0.5, 0.6) is 0 Å². The standard InChI is InChI=1S/C23H25N3O5/c1-16-5-9-18(10-6-16)24-20(27)14-25(2)22(29)15-31-23(30)17-7-11-19(12-8-17)26-13-3-4-21(26)28/h5-12H,3-4,13-15H2,1-2H3,(H,24,27). The van der Waals surface area contributed by atoms with Crippen LogP contribution in [0.4, 0.5) is 11.4 Å². The number of carbonyl (C=O) groups excluding carboxylic acids is 4. The van der Waals surface area contributed by atoms with Crippen molar-refractivity contribution in [2.45, 2.75) is 19.8 Å². The van der Waals surface area contributed by atoms with Gasteiger partial charge in [0.05, 0.1) is 12.1 Å². The lowest BCUT2D eigenvalue weighted by atomic mass is 10.2. The molecule has 2 aromatic rings. The Labute approximate surface area is 180 Å². The number of aryl methyl sites for hydroxylation is 1. The van der Waals surface area contributed by atoms with E-state index in [2.05, 4.69) is 5.32 Å². The Balaban J connectivity index is 1.45. The summed E-state index contributed by atoms with van der Waals surface area (Å²) in [5, 5.41) is 2.71. The summed E-state index contributed by atoms with van der Waals surface area (Å²) in [6.07, 6.45) is 1.35. The van der Waals surface area contributed by atoms with Gasteiger partial charge < -0.3 is 19.9 Å². The number of anilines is 2. The van der Waals surface area contributed by atoms with Crippen LogP contribution in [0.1, 0.15) is 28.8 Å². The fourth-order valence-corrected chi connectivity index (χ4v) is 3.16. The molecule has 1 aliphatic heterocycles. The molecule has 162 valence electrons. The normalized spacial score (nSPS) is 13.1. The second-order valence-corrected chi connectivity index (χ2v) is 7.44. The predicted octanol–water partition coefficient (Wildman–Crippen LogP) is 2.38. The van der Waals surface area contributed by atoms with Gasteiger partial charge in [-0.25, -0.2) is 4.79 Å². The second kappa shape index (κ2) is 9.88. The topological polar surface area (TPSA) is 96.0 Å². The molecule has 3 rings (SSSR count). The van der Waals surface area contributed by atoms with Crippen LogP contribution in [0.3, 0.4) is 0 Å². The number of nitrogens with zero attached hydrogens (tertiary/aromatic N) is 2. The fourth-order valence-electron chi connectivity index (χ4n) is 3.16. The summed E-state index contributed by atoms with van der Waals surface area (Å²) in [5.74, 6) is -1.43. The lowest BCUT2D eigenvalue weighted by Gasteiger charge is -2.17. The van der Waals surface area contributed by atoms with Crippen molar-refractivity contribution in [2.75, 3.05) is 37.0 Å². The highest BCUT2D eigenvalue weighted by atomic mass is 16.5. The Bertz CT molecular complexity index is 970. The Hall–Kier alpha value is -3.68. The summed E-state index contributed by atoms with van der Waals surface area (Å²) >= 11 is 0. The number of rotatable bonds is 7. The molecular weight excluding hydrogens is 398 g/mol. The number of amides is 3. The molecule has 0 spiro atoms. The van der Waals surface area contributed by atoms with E-state index in [0.29, 0.717) is 18.7 Å². The lowest BCUT2D eigenvalue weighted by molar-refractivity contribution is -0.136. The zero-order valence-electron chi connectivity index (χ0n) is 17.6. The van der Waals surface area contributed by atoms with Crippen LogP contribution in [0.2, 0.25) is 0 Å². The first-order chi connectivity index (χ1) is 14.8. The summed E-state index contributed by atoms with van der Waals surface area (Å²) in [7, 11) is 1.47. The summed E-state index contributed by atoms with van der Waals surface area (Å²) in [6, 6.07) is 13.8. The van der Waals surface area contributed by atoms with Gasteiger partial charge in [0, 0.05) is 31.4 Å². The first kappa shape index (κ1) is 22.0. The van der Waals surface area contributed by atoms with E-state index in [0.717, 1.165) is 17.7 Å². The van der Waals surface area contributed by atoms with Gasteiger partial charge in [-0.2, -0.15) is 0 Å². The van der Waals surface area contributed by atoms with Crippen LogP contribution >= 0.6 is 0 Å². The Morgan fingerprint density at radius 2 is 1.74 bits per heavy atom. The van der Waals surface area contributed by atoms with Gasteiger partial charge in [0.2, 0.25) is 11.8 Å². The molecule has 1 saturated heterocycles. The van der Waals surface area contributed by atoms with Crippen molar-refractivity contribution in [3.8, 4) is 0 Å². The number of ether oxygens (including phenoxy) is 1. The molecule has 0 aromatic heterocycles. The number of nitrogens with one attached hydrogen (secondary N) is 1. The van der Waals surface area contributed by atoms with Crippen molar-refractivity contribution in [3.63, 3.8) is 0 Å². The molecule has 3 amide bonds. The minimum Gasteiger partial charge on any atom is -0.452 e. The highest BCUT2D eigenvalue weighted by Gasteiger charge is 2.22. The maximum absolute atomic E-state index is 12.2. The Morgan fingerprint density at radius 1 is 1.06 bits per heavy atom. The average Bonchev–Trinajstić information content (AvgIpc) is 3.19. The molecule has 0 aliphatic carbocycles. The van der Waals surface area contributed by atoms with Gasteiger partial charge in [0.1, 0.15) is 0 Å². The Morgan fingerprint density at radius 3 is 2.35 bits per heavy atom. The molecule has 0 unspecified atom stereocenters. The van der Waals surface area contributed by atoms with E-state index in [1.807, 2.05) is 19.1 Å². The quantitative estimate of drug-likeness (QED) is 0.690. The number of likely N-dealkylation sites (N-methyl/N-ethyl adjacent to an activating group) is 1. The van der Waals surface area contributed by atoms with E-state index >= 15 is 0 Å². The molecule has 0 bridgehead atoms. The average molecular weight is 423 g/mol. The fraction of sp³-hybridized carbons (Fsp3) is 0.304.